The van der Waals surface area contributed by atoms with Crippen LogP contribution in [0.15, 0.2) is 0 Å². The zero-order valence-electron chi connectivity index (χ0n) is 14.7. The number of carboxylic acids is 1. The van der Waals surface area contributed by atoms with Gasteiger partial charge in [0.1, 0.15) is 6.04 Å². The zero-order valence-corrected chi connectivity index (χ0v) is 14.7. The Morgan fingerprint density at radius 3 is 2.88 bits per heavy atom. The smallest absolute Gasteiger partial charge is 0.345 e. The first-order valence-electron chi connectivity index (χ1n) is 9.16. The lowest BCUT2D eigenvalue weighted by Gasteiger charge is -2.29. The van der Waals surface area contributed by atoms with E-state index in [2.05, 4.69) is 10.8 Å². The molecule has 3 N–H and O–H groups in total. The number of nitrogens with one attached hydrogen (secondary N) is 2. The first kappa shape index (κ1) is 18.9. The van der Waals surface area contributed by atoms with Gasteiger partial charge in [0, 0.05) is 12.6 Å². The standard InChI is InChI=1S/C16H26N4O6/c21-14(22)10-26-20-12-5-6-13(19(8-12)16(20)24)15(23)18-25-9-11-4-2-1-3-7-17-11/h11-13,17H,1-10H2,(H,18,23)(H,21,22)/t11-,12-,13+/m1/s1. The van der Waals surface area contributed by atoms with Crippen LogP contribution in [-0.2, 0) is 19.3 Å². The van der Waals surface area contributed by atoms with Gasteiger partial charge in [0.2, 0.25) is 0 Å². The van der Waals surface area contributed by atoms with Gasteiger partial charge in [-0.25, -0.2) is 15.1 Å². The molecule has 3 rings (SSSR count). The number of piperidine rings is 1. The Morgan fingerprint density at radius 2 is 2.08 bits per heavy atom. The summed E-state index contributed by atoms with van der Waals surface area (Å²) in [5.74, 6) is -1.51. The minimum atomic E-state index is -1.15. The van der Waals surface area contributed by atoms with Crippen LogP contribution in [0.2, 0.25) is 0 Å². The van der Waals surface area contributed by atoms with Crippen LogP contribution in [0.25, 0.3) is 0 Å². The maximum atomic E-state index is 12.4. The lowest BCUT2D eigenvalue weighted by molar-refractivity contribution is -0.167. The van der Waals surface area contributed by atoms with E-state index in [1.165, 1.54) is 11.3 Å². The third-order valence-corrected chi connectivity index (χ3v) is 5.07. The predicted molar refractivity (Wildman–Crippen MR) is 88.7 cm³/mol. The van der Waals surface area contributed by atoms with E-state index >= 15 is 0 Å². The highest BCUT2D eigenvalue weighted by atomic mass is 16.7. The van der Waals surface area contributed by atoms with Gasteiger partial charge >= 0.3 is 12.0 Å². The van der Waals surface area contributed by atoms with Gasteiger partial charge in [-0.2, -0.15) is 5.06 Å². The third kappa shape index (κ3) is 4.43. The molecule has 26 heavy (non-hydrogen) atoms. The van der Waals surface area contributed by atoms with Crippen molar-refractivity contribution < 1.29 is 29.2 Å². The number of carbonyl (C=O) groups excluding carboxylic acids is 2. The van der Waals surface area contributed by atoms with Crippen LogP contribution in [0.4, 0.5) is 4.79 Å². The molecule has 3 fully saturated rings. The number of urea groups is 1. The van der Waals surface area contributed by atoms with E-state index in [9.17, 15) is 14.4 Å². The van der Waals surface area contributed by atoms with E-state index in [1.54, 1.807) is 0 Å². The average Bonchev–Trinajstić information content (AvgIpc) is 2.79. The van der Waals surface area contributed by atoms with Crippen molar-refractivity contribution in [2.75, 3.05) is 26.3 Å². The summed E-state index contributed by atoms with van der Waals surface area (Å²) >= 11 is 0. The van der Waals surface area contributed by atoms with Crippen molar-refractivity contribution in [3.8, 4) is 0 Å². The number of aliphatic carboxylic acids is 1. The fraction of sp³-hybridized carbons (Fsp3) is 0.812. The molecule has 10 heteroatoms. The van der Waals surface area contributed by atoms with Gasteiger partial charge in [-0.15, -0.1) is 0 Å². The zero-order chi connectivity index (χ0) is 18.5. The molecule has 0 saturated carbocycles. The molecule has 0 radical (unpaired) electrons. The first-order chi connectivity index (χ1) is 12.6. The van der Waals surface area contributed by atoms with Crippen LogP contribution in [0.3, 0.4) is 0 Å². The van der Waals surface area contributed by atoms with Crippen LogP contribution >= 0.6 is 0 Å². The van der Waals surface area contributed by atoms with E-state index in [0.29, 0.717) is 26.0 Å². The summed E-state index contributed by atoms with van der Waals surface area (Å²) in [6, 6.07) is -1.09. The van der Waals surface area contributed by atoms with Gasteiger partial charge in [-0.3, -0.25) is 14.5 Å². The number of hydroxylamine groups is 3. The molecule has 3 heterocycles. The summed E-state index contributed by atoms with van der Waals surface area (Å²) < 4.78 is 0. The molecule has 10 nitrogen and oxygen atoms in total. The highest BCUT2D eigenvalue weighted by Crippen LogP contribution is 2.30. The molecule has 2 bridgehead atoms. The highest BCUT2D eigenvalue weighted by Gasteiger charge is 2.48. The van der Waals surface area contributed by atoms with Gasteiger partial charge in [-0.1, -0.05) is 12.8 Å². The quantitative estimate of drug-likeness (QED) is 0.533. The topological polar surface area (TPSA) is 120 Å². The van der Waals surface area contributed by atoms with Gasteiger partial charge in [0.15, 0.2) is 6.61 Å². The van der Waals surface area contributed by atoms with E-state index in [-0.39, 0.29) is 18.0 Å². The second-order valence-corrected chi connectivity index (χ2v) is 6.95. The fourth-order valence-electron chi connectivity index (χ4n) is 3.72. The van der Waals surface area contributed by atoms with Crippen LogP contribution in [-0.4, -0.2) is 77.4 Å². The third-order valence-electron chi connectivity index (χ3n) is 5.07. The maximum absolute atomic E-state index is 12.4. The molecule has 0 aromatic rings. The molecule has 0 aromatic carbocycles. The Labute approximate surface area is 151 Å². The Kier molecular flexibility index (Phi) is 6.28. The minimum absolute atomic E-state index is 0.220. The second kappa shape index (κ2) is 8.65. The molecular weight excluding hydrogens is 344 g/mol. The summed E-state index contributed by atoms with van der Waals surface area (Å²) in [5.41, 5.74) is 2.46. The summed E-state index contributed by atoms with van der Waals surface area (Å²) in [4.78, 5) is 47.3. The number of hydrogen-bond donors (Lipinski definition) is 3. The predicted octanol–water partition coefficient (Wildman–Crippen LogP) is -0.149. The normalized spacial score (nSPS) is 28.8. The monoisotopic (exact) mass is 370 g/mol. The molecule has 3 atom stereocenters. The minimum Gasteiger partial charge on any atom is -0.479 e. The van der Waals surface area contributed by atoms with Crippen LogP contribution in [0.1, 0.15) is 38.5 Å². The Balaban J connectivity index is 1.46. The molecule has 3 amide bonds. The first-order valence-corrected chi connectivity index (χ1v) is 9.16. The summed E-state index contributed by atoms with van der Waals surface area (Å²) in [6.45, 7) is 1.12. The number of rotatable bonds is 7. The molecule has 0 spiro atoms. The highest BCUT2D eigenvalue weighted by molar-refractivity contribution is 5.88. The molecule has 3 aliphatic rings. The largest absolute Gasteiger partial charge is 0.479 e. The summed E-state index contributed by atoms with van der Waals surface area (Å²) in [6.07, 6.45) is 5.58. The number of carboxylic acid groups (broad SMARTS) is 1. The lowest BCUT2D eigenvalue weighted by Crippen LogP contribution is -2.50. The second-order valence-electron chi connectivity index (χ2n) is 6.95. The van der Waals surface area contributed by atoms with Crippen molar-refractivity contribution in [2.45, 2.75) is 56.7 Å². The molecule has 3 saturated heterocycles. The van der Waals surface area contributed by atoms with E-state index < -0.39 is 24.6 Å². The molecule has 0 aliphatic carbocycles. The molecule has 3 aliphatic heterocycles. The molecule has 0 aromatic heterocycles. The lowest BCUT2D eigenvalue weighted by atomic mass is 10.0. The van der Waals surface area contributed by atoms with Crippen molar-refractivity contribution in [1.82, 2.24) is 20.8 Å². The Morgan fingerprint density at radius 1 is 1.23 bits per heavy atom. The molecular formula is C16H26N4O6. The summed E-state index contributed by atoms with van der Waals surface area (Å²) in [5, 5.41) is 13.2. The number of hydrogen-bond acceptors (Lipinski definition) is 6. The van der Waals surface area contributed by atoms with Crippen LogP contribution in [0, 0.1) is 0 Å². The van der Waals surface area contributed by atoms with E-state index in [1.807, 2.05) is 0 Å². The maximum Gasteiger partial charge on any atom is 0.345 e. The Bertz CT molecular complexity index is 537. The van der Waals surface area contributed by atoms with Crippen molar-refractivity contribution >= 4 is 17.9 Å². The number of fused-ring (bicyclic) bond motifs is 2. The van der Waals surface area contributed by atoms with Gasteiger partial charge < -0.3 is 15.3 Å². The number of nitrogens with zero attached hydrogens (tertiary/aromatic N) is 2. The van der Waals surface area contributed by atoms with Gasteiger partial charge in [0.05, 0.1) is 12.6 Å². The summed E-state index contributed by atoms with van der Waals surface area (Å²) in [7, 11) is 0. The van der Waals surface area contributed by atoms with Crippen LogP contribution in [0.5, 0.6) is 0 Å². The SMILES string of the molecule is O=C(O)CON1C(=O)N2C[C@H]1CC[C@H]2C(=O)NOC[C@H]1CCCCCN1. The van der Waals surface area contributed by atoms with Crippen molar-refractivity contribution in [2.24, 2.45) is 0 Å². The Hall–Kier alpha value is -1.91. The van der Waals surface area contributed by atoms with Crippen molar-refractivity contribution in [3.05, 3.63) is 0 Å². The van der Waals surface area contributed by atoms with E-state index in [4.69, 9.17) is 14.8 Å². The number of carbonyl (C=O) groups is 3. The van der Waals surface area contributed by atoms with Gasteiger partial charge in [0.25, 0.3) is 5.91 Å². The van der Waals surface area contributed by atoms with Crippen molar-refractivity contribution in [3.63, 3.8) is 0 Å². The van der Waals surface area contributed by atoms with Gasteiger partial charge in [-0.05, 0) is 32.2 Å². The van der Waals surface area contributed by atoms with Crippen LogP contribution < -0.4 is 10.8 Å². The average molecular weight is 370 g/mol. The van der Waals surface area contributed by atoms with Crippen molar-refractivity contribution in [1.29, 1.82) is 0 Å². The number of amides is 3. The molecule has 0 unspecified atom stereocenters. The molecule has 146 valence electrons. The fourth-order valence-corrected chi connectivity index (χ4v) is 3.72. The van der Waals surface area contributed by atoms with E-state index in [0.717, 1.165) is 30.9 Å².